The largest absolute Gasteiger partial charge is 0.456 e. The van der Waals surface area contributed by atoms with Crippen molar-refractivity contribution in [2.45, 2.75) is 30.6 Å². The van der Waals surface area contributed by atoms with Crippen LogP contribution in [0.1, 0.15) is 51.3 Å². The highest BCUT2D eigenvalue weighted by Gasteiger charge is 2.47. The molecule has 266 valence electrons. The van der Waals surface area contributed by atoms with Crippen LogP contribution in [0.25, 0.3) is 54.6 Å². The Balaban J connectivity index is 1.03. The molecular weight excluding hydrogens is 677 g/mol. The zero-order valence-electron chi connectivity index (χ0n) is 31.2. The molecule has 0 bridgehead atoms. The van der Waals surface area contributed by atoms with E-state index in [0.29, 0.717) is 5.92 Å². The molecule has 1 heterocycles. The lowest BCUT2D eigenvalue weighted by Gasteiger charge is -2.35. The summed E-state index contributed by atoms with van der Waals surface area (Å²) in [5, 5.41) is 7.51. The first-order chi connectivity index (χ1) is 27.7. The minimum absolute atomic E-state index is 0.323. The Morgan fingerprint density at radius 3 is 1.86 bits per heavy atom. The summed E-state index contributed by atoms with van der Waals surface area (Å²) >= 11 is 0. The van der Waals surface area contributed by atoms with E-state index in [9.17, 15) is 0 Å². The lowest BCUT2D eigenvalue weighted by atomic mass is 9.66. The molecule has 1 heteroatoms. The number of rotatable bonds is 8. The van der Waals surface area contributed by atoms with Gasteiger partial charge in [0.05, 0.1) is 5.41 Å². The van der Waals surface area contributed by atoms with Crippen molar-refractivity contribution in [1.82, 2.24) is 0 Å². The second-order valence-corrected chi connectivity index (χ2v) is 15.5. The highest BCUT2D eigenvalue weighted by molar-refractivity contribution is 6.05. The number of hydrogen-bond acceptors (Lipinski definition) is 1. The van der Waals surface area contributed by atoms with Crippen LogP contribution in [0.15, 0.2) is 205 Å². The Hall–Kier alpha value is -6.70. The highest BCUT2D eigenvalue weighted by atomic mass is 16.3. The van der Waals surface area contributed by atoms with Gasteiger partial charge in [-0.3, -0.25) is 0 Å². The molecule has 56 heavy (non-hydrogen) atoms. The summed E-state index contributed by atoms with van der Waals surface area (Å²) in [5.41, 5.74) is 13.5. The molecule has 1 aliphatic carbocycles. The molecule has 1 nitrogen and oxygen atoms in total. The van der Waals surface area contributed by atoms with E-state index in [2.05, 4.69) is 194 Å². The molecule has 9 aromatic carbocycles. The zero-order valence-corrected chi connectivity index (χ0v) is 31.2. The van der Waals surface area contributed by atoms with E-state index in [4.69, 9.17) is 4.42 Å². The molecule has 1 atom stereocenters. The van der Waals surface area contributed by atoms with Crippen LogP contribution in [-0.2, 0) is 18.3 Å². The Bertz CT molecular complexity index is 3020. The molecule has 11 rings (SSSR count). The van der Waals surface area contributed by atoms with Gasteiger partial charge in [-0.2, -0.15) is 0 Å². The topological polar surface area (TPSA) is 13.1 Å². The maximum atomic E-state index is 6.36. The number of benzene rings is 9. The van der Waals surface area contributed by atoms with Crippen molar-refractivity contribution >= 4 is 43.5 Å². The van der Waals surface area contributed by atoms with E-state index in [1.165, 1.54) is 82.4 Å². The van der Waals surface area contributed by atoms with Crippen molar-refractivity contribution < 1.29 is 4.42 Å². The maximum Gasteiger partial charge on any atom is 0.135 e. The number of furan rings is 1. The fourth-order valence-corrected chi connectivity index (χ4v) is 9.84. The minimum Gasteiger partial charge on any atom is -0.456 e. The lowest BCUT2D eigenvalue weighted by Crippen LogP contribution is -2.29. The zero-order chi connectivity index (χ0) is 37.1. The molecule has 10 aromatic rings. The van der Waals surface area contributed by atoms with E-state index in [0.717, 1.165) is 30.4 Å². The van der Waals surface area contributed by atoms with Gasteiger partial charge < -0.3 is 4.42 Å². The first kappa shape index (κ1) is 32.7. The molecule has 0 saturated heterocycles. The van der Waals surface area contributed by atoms with Crippen molar-refractivity contribution in [2.24, 2.45) is 0 Å². The fraction of sp³-hybridized carbons (Fsp3) is 0.0909. The van der Waals surface area contributed by atoms with E-state index >= 15 is 0 Å². The van der Waals surface area contributed by atoms with Crippen LogP contribution in [0.5, 0.6) is 0 Å². The van der Waals surface area contributed by atoms with Crippen molar-refractivity contribution in [3.05, 3.63) is 239 Å². The average Bonchev–Trinajstić information content (AvgIpc) is 3.79. The Kier molecular flexibility index (Phi) is 7.74. The summed E-state index contributed by atoms with van der Waals surface area (Å²) in [4.78, 5) is 0. The number of hydrogen-bond donors (Lipinski definition) is 0. The van der Waals surface area contributed by atoms with Crippen LogP contribution in [0.4, 0.5) is 0 Å². The van der Waals surface area contributed by atoms with Gasteiger partial charge in [0.1, 0.15) is 11.2 Å². The van der Waals surface area contributed by atoms with E-state index in [1.54, 1.807) is 0 Å². The average molecular weight is 717 g/mol. The standard InChI is InChI=1S/C55H40O/c1-3-16-44(17-4-1)55(45-18-5-2-6-19-45)51-34-37(24-30-47(51)50-32-29-40-14-9-10-20-46(40)54(50)55)23-26-42(43-28-27-39-13-7-8-15-41(39)36-43)33-38-25-31-49-48-21-11-12-22-52(48)56-53(49)35-38/h1-22,24-25,27-32,34-36,42H,23,26,33H2. The molecule has 0 N–H and O–H groups in total. The summed E-state index contributed by atoms with van der Waals surface area (Å²) in [6.45, 7) is 0. The monoisotopic (exact) mass is 716 g/mol. The number of fused-ring (bicyclic) bond motifs is 9. The quantitative estimate of drug-likeness (QED) is 0.153. The predicted octanol–water partition coefficient (Wildman–Crippen LogP) is 14.2. The number of aryl methyl sites for hydroxylation is 1. The van der Waals surface area contributed by atoms with Crippen LogP contribution >= 0.6 is 0 Å². The van der Waals surface area contributed by atoms with Crippen LogP contribution in [0.2, 0.25) is 0 Å². The van der Waals surface area contributed by atoms with Crippen LogP contribution in [0.3, 0.4) is 0 Å². The summed E-state index contributed by atoms with van der Waals surface area (Å²) in [7, 11) is 0. The van der Waals surface area contributed by atoms with Crippen molar-refractivity contribution in [2.75, 3.05) is 0 Å². The predicted molar refractivity (Wildman–Crippen MR) is 234 cm³/mol. The lowest BCUT2D eigenvalue weighted by molar-refractivity contribution is 0.619. The first-order valence-electron chi connectivity index (χ1n) is 19.9. The SMILES string of the molecule is c1ccc(C2(c3ccccc3)c3cc(CCC(Cc4ccc5c(c4)oc4ccccc45)c4ccc5ccccc5c4)ccc3-c3ccc4ccccc4c32)cc1. The summed E-state index contributed by atoms with van der Waals surface area (Å²) in [6.07, 6.45) is 2.93. The fourth-order valence-electron chi connectivity index (χ4n) is 9.84. The Labute approximate surface area is 327 Å². The second-order valence-electron chi connectivity index (χ2n) is 15.5. The molecule has 0 radical (unpaired) electrons. The molecule has 0 amide bonds. The third-order valence-corrected chi connectivity index (χ3v) is 12.4. The van der Waals surface area contributed by atoms with Gasteiger partial charge in [0.2, 0.25) is 0 Å². The van der Waals surface area contributed by atoms with Gasteiger partial charge in [0.15, 0.2) is 0 Å². The van der Waals surface area contributed by atoms with Crippen LogP contribution in [0, 0.1) is 0 Å². The molecular formula is C55H40O. The van der Waals surface area contributed by atoms with Gasteiger partial charge in [-0.15, -0.1) is 0 Å². The molecule has 0 spiro atoms. The summed E-state index contributed by atoms with van der Waals surface area (Å²) in [6, 6.07) is 74.3. The molecule has 1 unspecified atom stereocenters. The molecule has 1 aliphatic rings. The van der Waals surface area contributed by atoms with Crippen molar-refractivity contribution in [3.8, 4) is 11.1 Å². The molecule has 0 fully saturated rings. The first-order valence-corrected chi connectivity index (χ1v) is 19.9. The molecule has 0 saturated carbocycles. The number of para-hydroxylation sites is 1. The second kappa shape index (κ2) is 13.3. The normalized spacial score (nSPS) is 13.6. The van der Waals surface area contributed by atoms with Gasteiger partial charge in [-0.05, 0) is 109 Å². The highest BCUT2D eigenvalue weighted by Crippen LogP contribution is 2.58. The van der Waals surface area contributed by atoms with Gasteiger partial charge in [0.25, 0.3) is 0 Å². The third-order valence-electron chi connectivity index (χ3n) is 12.4. The minimum atomic E-state index is -0.455. The Morgan fingerprint density at radius 1 is 0.429 bits per heavy atom. The summed E-state index contributed by atoms with van der Waals surface area (Å²) in [5.74, 6) is 0.323. The van der Waals surface area contributed by atoms with Gasteiger partial charge in [0, 0.05) is 10.8 Å². The molecule has 0 aliphatic heterocycles. The summed E-state index contributed by atoms with van der Waals surface area (Å²) < 4.78 is 6.36. The third kappa shape index (κ3) is 5.23. The van der Waals surface area contributed by atoms with Gasteiger partial charge >= 0.3 is 0 Å². The van der Waals surface area contributed by atoms with E-state index in [-0.39, 0.29) is 0 Å². The van der Waals surface area contributed by atoms with E-state index in [1.807, 2.05) is 6.07 Å². The van der Waals surface area contributed by atoms with Gasteiger partial charge in [-0.1, -0.05) is 188 Å². The maximum absolute atomic E-state index is 6.36. The van der Waals surface area contributed by atoms with Crippen molar-refractivity contribution in [1.29, 1.82) is 0 Å². The van der Waals surface area contributed by atoms with Gasteiger partial charge in [-0.25, -0.2) is 0 Å². The Morgan fingerprint density at radius 2 is 1.05 bits per heavy atom. The smallest absolute Gasteiger partial charge is 0.135 e. The van der Waals surface area contributed by atoms with Crippen molar-refractivity contribution in [3.63, 3.8) is 0 Å². The molecule has 1 aromatic heterocycles. The van der Waals surface area contributed by atoms with Crippen LogP contribution in [-0.4, -0.2) is 0 Å². The van der Waals surface area contributed by atoms with E-state index < -0.39 is 5.41 Å². The van der Waals surface area contributed by atoms with Crippen LogP contribution < -0.4 is 0 Å².